The van der Waals surface area contributed by atoms with Crippen LogP contribution < -0.4 is 15.5 Å². The summed E-state index contributed by atoms with van der Waals surface area (Å²) in [5.41, 5.74) is 4.46. The summed E-state index contributed by atoms with van der Waals surface area (Å²) in [6.07, 6.45) is 14.0. The van der Waals surface area contributed by atoms with Gasteiger partial charge in [-0.3, -0.25) is 9.58 Å². The summed E-state index contributed by atoms with van der Waals surface area (Å²) in [4.78, 5) is 32.3. The summed E-state index contributed by atoms with van der Waals surface area (Å²) in [6.45, 7) is 1.60. The lowest BCUT2D eigenvalue weighted by molar-refractivity contribution is 0.240. The number of anilines is 2. The highest BCUT2D eigenvalue weighted by Gasteiger charge is 2.42. The van der Waals surface area contributed by atoms with E-state index in [2.05, 4.69) is 38.7 Å². The number of carbonyl (C=O) groups excluding carboxylic acids is 1. The lowest BCUT2D eigenvalue weighted by Gasteiger charge is -2.36. The first kappa shape index (κ1) is 30.8. The summed E-state index contributed by atoms with van der Waals surface area (Å²) in [6, 6.07) is 16.8. The molecule has 47 heavy (non-hydrogen) atoms. The minimum absolute atomic E-state index is 0.00658. The summed E-state index contributed by atoms with van der Waals surface area (Å²) in [5, 5.41) is 20.8. The Morgan fingerprint density at radius 3 is 2.51 bits per heavy atom. The van der Waals surface area contributed by atoms with Gasteiger partial charge in [-0.05, 0) is 82.2 Å². The number of nitriles is 1. The van der Waals surface area contributed by atoms with Gasteiger partial charge in [0.05, 0.1) is 23.7 Å². The molecule has 4 heterocycles. The number of amides is 2. The number of aryl methyl sites for hydroxylation is 1. The SMILES string of the molecule is CN1CCC2CC(c3nc(NC4CCC(N(C(=O)NCc5ccccc5)c5ccc(-c6cnn(C)c6)cn5)CC4)ncc3C#N)CC21. The third-order valence-electron chi connectivity index (χ3n) is 10.3. The average molecular weight is 631 g/mol. The first-order chi connectivity index (χ1) is 22.9. The fraction of sp³-hybridized carbons (Fsp3) is 0.444. The number of urea groups is 1. The van der Waals surface area contributed by atoms with E-state index in [1.165, 1.54) is 6.42 Å². The highest BCUT2D eigenvalue weighted by molar-refractivity contribution is 5.91. The van der Waals surface area contributed by atoms with Crippen LogP contribution in [0.25, 0.3) is 11.1 Å². The Bertz CT molecular complexity index is 1720. The van der Waals surface area contributed by atoms with Crippen molar-refractivity contribution >= 4 is 17.8 Å². The molecule has 1 saturated heterocycles. The number of carbonyl (C=O) groups is 1. The Hall–Kier alpha value is -4.82. The molecule has 11 heteroatoms. The monoisotopic (exact) mass is 630 g/mol. The van der Waals surface area contributed by atoms with Gasteiger partial charge < -0.3 is 15.5 Å². The maximum atomic E-state index is 13.8. The molecule has 0 spiro atoms. The summed E-state index contributed by atoms with van der Waals surface area (Å²) in [7, 11) is 4.10. The van der Waals surface area contributed by atoms with Crippen molar-refractivity contribution in [3.8, 4) is 17.2 Å². The number of aromatic nitrogens is 5. The van der Waals surface area contributed by atoms with Crippen molar-refractivity contribution in [2.75, 3.05) is 23.8 Å². The van der Waals surface area contributed by atoms with Crippen molar-refractivity contribution in [1.82, 2.24) is 34.9 Å². The number of rotatable bonds is 8. The van der Waals surface area contributed by atoms with Gasteiger partial charge in [-0.25, -0.2) is 19.7 Å². The van der Waals surface area contributed by atoms with Gasteiger partial charge in [0.25, 0.3) is 0 Å². The molecule has 3 unspecified atom stereocenters. The Morgan fingerprint density at radius 1 is 0.979 bits per heavy atom. The van der Waals surface area contributed by atoms with Gasteiger partial charge in [-0.15, -0.1) is 0 Å². The highest BCUT2D eigenvalue weighted by atomic mass is 16.2. The molecule has 2 amide bonds. The Labute approximate surface area is 276 Å². The Kier molecular flexibility index (Phi) is 8.85. The van der Waals surface area contributed by atoms with Crippen molar-refractivity contribution in [3.63, 3.8) is 0 Å². The molecule has 3 aromatic heterocycles. The molecule has 11 nitrogen and oxygen atoms in total. The minimum atomic E-state index is -0.154. The molecule has 242 valence electrons. The zero-order valence-electron chi connectivity index (χ0n) is 27.1. The quantitative estimate of drug-likeness (QED) is 0.262. The molecule has 1 aliphatic heterocycles. The zero-order valence-corrected chi connectivity index (χ0v) is 27.1. The van der Waals surface area contributed by atoms with Crippen molar-refractivity contribution in [2.45, 2.75) is 75.5 Å². The van der Waals surface area contributed by atoms with E-state index in [0.717, 1.165) is 67.5 Å². The second-order valence-corrected chi connectivity index (χ2v) is 13.3. The molecule has 3 aliphatic rings. The largest absolute Gasteiger partial charge is 0.351 e. The molecule has 0 radical (unpaired) electrons. The average Bonchev–Trinajstić information content (AvgIpc) is 3.83. The lowest BCUT2D eigenvalue weighted by atomic mass is 9.90. The van der Waals surface area contributed by atoms with Crippen LogP contribution in [0.5, 0.6) is 0 Å². The minimum Gasteiger partial charge on any atom is -0.351 e. The molecule has 0 bridgehead atoms. The number of nitrogens with zero attached hydrogens (tertiary/aromatic N) is 8. The van der Waals surface area contributed by atoms with E-state index in [9.17, 15) is 10.1 Å². The molecule has 7 rings (SSSR count). The number of fused-ring (bicyclic) bond motifs is 1. The number of likely N-dealkylation sites (tertiary alicyclic amines) is 1. The van der Waals surface area contributed by atoms with Crippen LogP contribution in [0.1, 0.15) is 67.7 Å². The second-order valence-electron chi connectivity index (χ2n) is 13.3. The molecular weight excluding hydrogens is 588 g/mol. The summed E-state index contributed by atoms with van der Waals surface area (Å²) < 4.78 is 1.76. The number of pyridine rings is 1. The molecule has 2 saturated carbocycles. The smallest absolute Gasteiger partial charge is 0.323 e. The van der Waals surface area contributed by atoms with E-state index in [1.54, 1.807) is 10.9 Å². The van der Waals surface area contributed by atoms with Crippen molar-refractivity contribution in [2.24, 2.45) is 13.0 Å². The van der Waals surface area contributed by atoms with Gasteiger partial charge >= 0.3 is 6.03 Å². The first-order valence-electron chi connectivity index (χ1n) is 16.7. The van der Waals surface area contributed by atoms with E-state index in [-0.39, 0.29) is 18.1 Å². The second kappa shape index (κ2) is 13.5. The van der Waals surface area contributed by atoms with E-state index in [0.29, 0.717) is 41.8 Å². The van der Waals surface area contributed by atoms with E-state index >= 15 is 0 Å². The Morgan fingerprint density at radius 2 is 1.81 bits per heavy atom. The normalized spacial score (nSPS) is 24.0. The van der Waals surface area contributed by atoms with Crippen molar-refractivity contribution in [3.05, 3.63) is 84.1 Å². The maximum Gasteiger partial charge on any atom is 0.323 e. The summed E-state index contributed by atoms with van der Waals surface area (Å²) >= 11 is 0. The maximum absolute atomic E-state index is 13.8. The van der Waals surface area contributed by atoms with Crippen LogP contribution in [0.4, 0.5) is 16.6 Å². The molecule has 2 aliphatic carbocycles. The van der Waals surface area contributed by atoms with Crippen molar-refractivity contribution < 1.29 is 4.79 Å². The van der Waals surface area contributed by atoms with Crippen LogP contribution in [-0.4, -0.2) is 67.4 Å². The predicted molar refractivity (Wildman–Crippen MR) is 181 cm³/mol. The lowest BCUT2D eigenvalue weighted by Crippen LogP contribution is -2.49. The number of hydrogen-bond acceptors (Lipinski definition) is 8. The summed E-state index contributed by atoms with van der Waals surface area (Å²) in [5.74, 6) is 2.21. The van der Waals surface area contributed by atoms with Crippen LogP contribution in [-0.2, 0) is 13.6 Å². The van der Waals surface area contributed by atoms with Crippen LogP contribution in [0.15, 0.2) is 67.3 Å². The fourth-order valence-electron chi connectivity index (χ4n) is 7.82. The molecule has 1 aromatic carbocycles. The number of nitrogens with one attached hydrogen (secondary N) is 2. The van der Waals surface area contributed by atoms with Crippen LogP contribution in [0.2, 0.25) is 0 Å². The zero-order chi connectivity index (χ0) is 32.3. The standard InChI is InChI=1S/C36H42N10O/c1-44-15-14-25-16-27(17-32(25)44)34-28(18-37)21-39-35(43-34)42-30-9-11-31(12-10-30)46(36(47)40-19-24-6-4-3-5-7-24)33-13-8-26(20-38-33)29-22-41-45(2)23-29/h3-8,13,20-23,25,27,30-32H,9-12,14-17,19H2,1-2H3,(H,40,47)(H,39,42,43). The van der Waals surface area contributed by atoms with E-state index < -0.39 is 0 Å². The van der Waals surface area contributed by atoms with Gasteiger partial charge in [0, 0.05) is 61.2 Å². The fourth-order valence-corrected chi connectivity index (χ4v) is 7.82. The van der Waals surface area contributed by atoms with Crippen LogP contribution in [0.3, 0.4) is 0 Å². The number of benzene rings is 1. The van der Waals surface area contributed by atoms with Crippen molar-refractivity contribution in [1.29, 1.82) is 5.26 Å². The highest BCUT2D eigenvalue weighted by Crippen LogP contribution is 2.45. The molecule has 2 N–H and O–H groups in total. The Balaban J connectivity index is 1.04. The van der Waals surface area contributed by atoms with Crippen LogP contribution in [0, 0.1) is 17.2 Å². The molecule has 3 fully saturated rings. The van der Waals surface area contributed by atoms with Gasteiger partial charge in [0.15, 0.2) is 0 Å². The van der Waals surface area contributed by atoms with Crippen LogP contribution >= 0.6 is 0 Å². The van der Waals surface area contributed by atoms with Gasteiger partial charge in [0.2, 0.25) is 5.95 Å². The topological polar surface area (TPSA) is 128 Å². The predicted octanol–water partition coefficient (Wildman–Crippen LogP) is 5.48. The van der Waals surface area contributed by atoms with E-state index in [4.69, 9.17) is 9.97 Å². The molecular formula is C36H42N10O. The third kappa shape index (κ3) is 6.69. The molecule has 3 atom stereocenters. The van der Waals surface area contributed by atoms with E-state index in [1.807, 2.05) is 73.0 Å². The first-order valence-corrected chi connectivity index (χ1v) is 16.7. The molecule has 4 aromatic rings. The van der Waals surface area contributed by atoms with Gasteiger partial charge in [-0.1, -0.05) is 30.3 Å². The third-order valence-corrected chi connectivity index (χ3v) is 10.3. The van der Waals surface area contributed by atoms with Gasteiger partial charge in [0.1, 0.15) is 11.9 Å². The number of hydrogen-bond donors (Lipinski definition) is 2. The van der Waals surface area contributed by atoms with Gasteiger partial charge in [-0.2, -0.15) is 10.4 Å².